The number of hydrogen-bond acceptors (Lipinski definition) is 7. The van der Waals surface area contributed by atoms with Crippen molar-refractivity contribution < 1.29 is 4.79 Å². The molecule has 1 fully saturated rings. The number of rotatable bonds is 5. The molecule has 1 amide bonds. The van der Waals surface area contributed by atoms with E-state index in [0.717, 1.165) is 29.5 Å². The standard InChI is InChI=1S/C19H19ClN6OS/c20-15-4-1-2-5-16(15)25-8-10-26(11-9-25)17(27)12-14-13-28-19(23-14)24-18-21-6-3-7-22-18/h1-7,13H,8-12H2,(H,21,22,23,24). The Bertz CT molecular complexity index is 942. The van der Waals surface area contributed by atoms with Crippen molar-refractivity contribution in [1.29, 1.82) is 0 Å². The van der Waals surface area contributed by atoms with E-state index in [0.29, 0.717) is 30.6 Å². The first-order chi connectivity index (χ1) is 13.7. The number of aromatic nitrogens is 3. The van der Waals surface area contributed by atoms with E-state index >= 15 is 0 Å². The van der Waals surface area contributed by atoms with Gasteiger partial charge in [-0.1, -0.05) is 23.7 Å². The molecule has 4 rings (SSSR count). The van der Waals surface area contributed by atoms with Gasteiger partial charge in [-0.05, 0) is 18.2 Å². The molecule has 7 nitrogen and oxygen atoms in total. The number of piperazine rings is 1. The van der Waals surface area contributed by atoms with Crippen LogP contribution in [0.25, 0.3) is 0 Å². The number of thiazole rings is 1. The molecule has 1 aromatic carbocycles. The number of hydrogen-bond donors (Lipinski definition) is 1. The summed E-state index contributed by atoms with van der Waals surface area (Å²) in [4.78, 5) is 29.4. The topological polar surface area (TPSA) is 74.2 Å². The SMILES string of the molecule is O=C(Cc1csc(Nc2ncccn2)n1)N1CCN(c2ccccc2Cl)CC1. The zero-order valence-electron chi connectivity index (χ0n) is 15.1. The Labute approximate surface area is 172 Å². The molecule has 1 aliphatic heterocycles. The van der Waals surface area contributed by atoms with Gasteiger partial charge in [-0.2, -0.15) is 0 Å². The molecule has 1 saturated heterocycles. The number of anilines is 3. The van der Waals surface area contributed by atoms with Crippen molar-refractivity contribution in [3.63, 3.8) is 0 Å². The van der Waals surface area contributed by atoms with Crippen LogP contribution < -0.4 is 10.2 Å². The molecule has 1 aliphatic rings. The quantitative estimate of drug-likeness (QED) is 0.691. The van der Waals surface area contributed by atoms with E-state index in [2.05, 4.69) is 25.2 Å². The van der Waals surface area contributed by atoms with E-state index in [1.54, 1.807) is 18.5 Å². The summed E-state index contributed by atoms with van der Waals surface area (Å²) < 4.78 is 0. The van der Waals surface area contributed by atoms with E-state index in [9.17, 15) is 4.79 Å². The van der Waals surface area contributed by atoms with E-state index in [1.165, 1.54) is 11.3 Å². The molecule has 3 aromatic rings. The zero-order chi connectivity index (χ0) is 19.3. The molecule has 3 heterocycles. The van der Waals surface area contributed by atoms with Crippen LogP contribution in [0.15, 0.2) is 48.1 Å². The largest absolute Gasteiger partial charge is 0.367 e. The second-order valence-electron chi connectivity index (χ2n) is 6.34. The minimum atomic E-state index is 0.0895. The van der Waals surface area contributed by atoms with Crippen molar-refractivity contribution in [2.45, 2.75) is 6.42 Å². The number of halogens is 1. The van der Waals surface area contributed by atoms with Crippen LogP contribution in [-0.4, -0.2) is 51.9 Å². The predicted octanol–water partition coefficient (Wildman–Crippen LogP) is 3.22. The third kappa shape index (κ3) is 4.40. The van der Waals surface area contributed by atoms with E-state index in [1.807, 2.05) is 34.5 Å². The van der Waals surface area contributed by atoms with Crippen LogP contribution in [0, 0.1) is 0 Å². The third-order valence-electron chi connectivity index (χ3n) is 4.49. The molecule has 0 bridgehead atoms. The number of nitrogens with zero attached hydrogens (tertiary/aromatic N) is 5. The first kappa shape index (κ1) is 18.6. The van der Waals surface area contributed by atoms with Gasteiger partial charge >= 0.3 is 0 Å². The smallest absolute Gasteiger partial charge is 0.228 e. The van der Waals surface area contributed by atoms with Gasteiger partial charge in [0.05, 0.1) is 22.8 Å². The van der Waals surface area contributed by atoms with Gasteiger partial charge in [0.15, 0.2) is 5.13 Å². The third-order valence-corrected chi connectivity index (χ3v) is 5.62. The molecule has 0 spiro atoms. The van der Waals surface area contributed by atoms with E-state index < -0.39 is 0 Å². The molecule has 0 saturated carbocycles. The van der Waals surface area contributed by atoms with Gasteiger partial charge in [-0.3, -0.25) is 4.79 Å². The Balaban J connectivity index is 1.31. The molecule has 0 unspecified atom stereocenters. The summed E-state index contributed by atoms with van der Waals surface area (Å²) in [6, 6.07) is 9.56. The molecule has 1 N–H and O–H groups in total. The number of para-hydroxylation sites is 1. The highest BCUT2D eigenvalue weighted by molar-refractivity contribution is 7.13. The number of carbonyl (C=O) groups is 1. The summed E-state index contributed by atoms with van der Waals surface area (Å²) in [6.07, 6.45) is 3.62. The number of carbonyl (C=O) groups excluding carboxylic acids is 1. The van der Waals surface area contributed by atoms with Gasteiger partial charge in [0, 0.05) is 44.0 Å². The van der Waals surface area contributed by atoms with Crippen molar-refractivity contribution in [2.24, 2.45) is 0 Å². The lowest BCUT2D eigenvalue weighted by molar-refractivity contribution is -0.130. The van der Waals surface area contributed by atoms with Gasteiger partial charge in [0.2, 0.25) is 11.9 Å². The van der Waals surface area contributed by atoms with Gasteiger partial charge in [-0.15, -0.1) is 11.3 Å². The fourth-order valence-electron chi connectivity index (χ4n) is 3.08. The van der Waals surface area contributed by atoms with Gasteiger partial charge < -0.3 is 15.1 Å². The molecular formula is C19H19ClN6OS. The predicted molar refractivity (Wildman–Crippen MR) is 111 cm³/mol. The highest BCUT2D eigenvalue weighted by Gasteiger charge is 2.23. The average molecular weight is 415 g/mol. The monoisotopic (exact) mass is 414 g/mol. The lowest BCUT2D eigenvalue weighted by atomic mass is 10.2. The Morgan fingerprint density at radius 2 is 1.86 bits per heavy atom. The number of nitrogens with one attached hydrogen (secondary N) is 1. The van der Waals surface area contributed by atoms with Crippen LogP contribution in [0.5, 0.6) is 0 Å². The Morgan fingerprint density at radius 3 is 2.61 bits per heavy atom. The van der Waals surface area contributed by atoms with Crippen molar-refractivity contribution in [1.82, 2.24) is 19.9 Å². The van der Waals surface area contributed by atoms with Crippen molar-refractivity contribution in [3.05, 3.63) is 58.8 Å². The van der Waals surface area contributed by atoms with E-state index in [-0.39, 0.29) is 5.91 Å². The Kier molecular flexibility index (Phi) is 5.68. The lowest BCUT2D eigenvalue weighted by Crippen LogP contribution is -2.49. The second-order valence-corrected chi connectivity index (χ2v) is 7.60. The van der Waals surface area contributed by atoms with Crippen LogP contribution >= 0.6 is 22.9 Å². The molecule has 0 aliphatic carbocycles. The van der Waals surface area contributed by atoms with Crippen molar-refractivity contribution in [2.75, 3.05) is 36.4 Å². The first-order valence-electron chi connectivity index (χ1n) is 8.95. The van der Waals surface area contributed by atoms with Gasteiger partial charge in [0.1, 0.15) is 0 Å². The van der Waals surface area contributed by atoms with Gasteiger partial charge in [-0.25, -0.2) is 15.0 Å². The molecule has 0 radical (unpaired) electrons. The molecule has 28 heavy (non-hydrogen) atoms. The second kappa shape index (κ2) is 8.53. The fourth-order valence-corrected chi connectivity index (χ4v) is 4.04. The van der Waals surface area contributed by atoms with Crippen LogP contribution in [0.1, 0.15) is 5.69 Å². The molecular weight excluding hydrogens is 396 g/mol. The molecule has 9 heteroatoms. The zero-order valence-corrected chi connectivity index (χ0v) is 16.7. The highest BCUT2D eigenvalue weighted by atomic mass is 35.5. The summed E-state index contributed by atoms with van der Waals surface area (Å²) in [5, 5.41) is 6.36. The maximum Gasteiger partial charge on any atom is 0.228 e. The van der Waals surface area contributed by atoms with Crippen LogP contribution in [-0.2, 0) is 11.2 Å². The first-order valence-corrected chi connectivity index (χ1v) is 10.2. The number of amides is 1. The maximum atomic E-state index is 12.6. The summed E-state index contributed by atoms with van der Waals surface area (Å²) in [5.74, 6) is 0.581. The number of benzene rings is 1. The highest BCUT2D eigenvalue weighted by Crippen LogP contribution is 2.26. The fraction of sp³-hybridized carbons (Fsp3) is 0.263. The van der Waals surface area contributed by atoms with E-state index in [4.69, 9.17) is 11.6 Å². The Morgan fingerprint density at radius 1 is 1.11 bits per heavy atom. The normalized spacial score (nSPS) is 14.2. The Hall–Kier alpha value is -2.71. The van der Waals surface area contributed by atoms with Crippen molar-refractivity contribution >= 4 is 45.6 Å². The summed E-state index contributed by atoms with van der Waals surface area (Å²) in [7, 11) is 0. The van der Waals surface area contributed by atoms with Crippen LogP contribution in [0.4, 0.5) is 16.8 Å². The minimum Gasteiger partial charge on any atom is -0.367 e. The summed E-state index contributed by atoms with van der Waals surface area (Å²) in [5.41, 5.74) is 1.77. The lowest BCUT2D eigenvalue weighted by Gasteiger charge is -2.36. The minimum absolute atomic E-state index is 0.0895. The van der Waals surface area contributed by atoms with Crippen molar-refractivity contribution in [3.8, 4) is 0 Å². The molecule has 144 valence electrons. The average Bonchev–Trinajstić information content (AvgIpc) is 3.16. The van der Waals surface area contributed by atoms with Gasteiger partial charge in [0.25, 0.3) is 0 Å². The van der Waals surface area contributed by atoms with Crippen LogP contribution in [0.3, 0.4) is 0 Å². The molecule has 2 aromatic heterocycles. The summed E-state index contributed by atoms with van der Waals surface area (Å²) in [6.45, 7) is 2.89. The molecule has 0 atom stereocenters. The maximum absolute atomic E-state index is 12.6. The van der Waals surface area contributed by atoms with Crippen LogP contribution in [0.2, 0.25) is 5.02 Å². The summed E-state index contributed by atoms with van der Waals surface area (Å²) >= 11 is 7.72.